The van der Waals surface area contributed by atoms with Crippen LogP contribution in [0.5, 0.6) is 0 Å². The van der Waals surface area contributed by atoms with Gasteiger partial charge in [-0.25, -0.2) is 5.01 Å². The maximum Gasteiger partial charge on any atom is 0.431 e. The van der Waals surface area contributed by atoms with E-state index in [-0.39, 0.29) is 5.69 Å². The first-order valence-electron chi connectivity index (χ1n) is 6.20. The monoisotopic (exact) mass is 343 g/mol. The number of ether oxygens (including phenoxy) is 1. The number of hydrogen-bond acceptors (Lipinski definition) is 5. The van der Waals surface area contributed by atoms with Crippen LogP contribution in [0.4, 0.5) is 32.0 Å². The number of pyridine rings is 1. The molecule has 1 aromatic heterocycles. The molecule has 2 rings (SSSR count). The summed E-state index contributed by atoms with van der Waals surface area (Å²) in [5, 5.41) is 13.6. The first-order valence-corrected chi connectivity index (χ1v) is 6.20. The van der Waals surface area contributed by atoms with Gasteiger partial charge in [-0.2, -0.15) is 31.4 Å². The molecule has 0 radical (unpaired) electrons. The van der Waals surface area contributed by atoms with Crippen LogP contribution in [0, 0.1) is 5.92 Å². The first-order chi connectivity index (χ1) is 10.6. The van der Waals surface area contributed by atoms with Crippen molar-refractivity contribution in [3.63, 3.8) is 0 Å². The molecule has 3 atom stereocenters. The Hall–Kier alpha value is -1.88. The number of nitrogens with zero attached hydrogens (tertiary/aromatic N) is 3. The van der Waals surface area contributed by atoms with Gasteiger partial charge < -0.3 is 9.84 Å². The van der Waals surface area contributed by atoms with E-state index in [1.807, 2.05) is 0 Å². The van der Waals surface area contributed by atoms with Gasteiger partial charge in [-0.1, -0.05) is 0 Å². The fourth-order valence-corrected chi connectivity index (χ4v) is 2.27. The van der Waals surface area contributed by atoms with Crippen molar-refractivity contribution in [2.24, 2.45) is 11.0 Å². The van der Waals surface area contributed by atoms with Gasteiger partial charge >= 0.3 is 12.4 Å². The fourth-order valence-electron chi connectivity index (χ4n) is 2.27. The van der Waals surface area contributed by atoms with Crippen LogP contribution in [0.15, 0.2) is 29.6 Å². The minimum Gasteiger partial charge on any atom is -0.371 e. The van der Waals surface area contributed by atoms with E-state index in [4.69, 9.17) is 0 Å². The van der Waals surface area contributed by atoms with E-state index in [1.165, 1.54) is 24.5 Å². The van der Waals surface area contributed by atoms with Gasteiger partial charge in [0.15, 0.2) is 18.0 Å². The molecule has 0 aromatic carbocycles. The second-order valence-electron chi connectivity index (χ2n) is 4.67. The third-order valence-electron chi connectivity index (χ3n) is 3.22. The van der Waals surface area contributed by atoms with E-state index in [2.05, 4.69) is 14.8 Å². The third-order valence-corrected chi connectivity index (χ3v) is 3.22. The van der Waals surface area contributed by atoms with E-state index < -0.39 is 36.3 Å². The quantitative estimate of drug-likeness (QED) is 0.856. The number of hydrogen-bond donors (Lipinski definition) is 1. The van der Waals surface area contributed by atoms with Crippen LogP contribution in [0.1, 0.15) is 0 Å². The van der Waals surface area contributed by atoms with Crippen LogP contribution in [0.25, 0.3) is 0 Å². The molecule has 128 valence electrons. The van der Waals surface area contributed by atoms with Gasteiger partial charge in [0.1, 0.15) is 0 Å². The minimum atomic E-state index is -5.16. The zero-order chi connectivity index (χ0) is 17.4. The average molecular weight is 343 g/mol. The standard InChI is InChI=1S/C12H11F6N3O2/c1-23-9(12(16,17)18)7-8(11(13,14)15)20-21(10(7)22)6-2-4-19-5-3-6/h2-5,7,9-10,22H,1H3. The second-order valence-corrected chi connectivity index (χ2v) is 4.67. The van der Waals surface area contributed by atoms with Crippen molar-refractivity contribution < 1.29 is 36.2 Å². The van der Waals surface area contributed by atoms with Gasteiger partial charge in [-0.3, -0.25) is 4.98 Å². The summed E-state index contributed by atoms with van der Waals surface area (Å²) in [6, 6.07) is 2.41. The summed E-state index contributed by atoms with van der Waals surface area (Å²) < 4.78 is 82.2. The van der Waals surface area contributed by atoms with Gasteiger partial charge in [0.25, 0.3) is 0 Å². The molecule has 0 aliphatic carbocycles. The average Bonchev–Trinajstić information content (AvgIpc) is 2.77. The summed E-state index contributed by atoms with van der Waals surface area (Å²) >= 11 is 0. The largest absolute Gasteiger partial charge is 0.431 e. The molecule has 5 nitrogen and oxygen atoms in total. The van der Waals surface area contributed by atoms with Crippen LogP contribution < -0.4 is 5.01 Å². The summed E-state index contributed by atoms with van der Waals surface area (Å²) in [4.78, 5) is 3.64. The van der Waals surface area contributed by atoms with Crippen molar-refractivity contribution in [2.75, 3.05) is 12.1 Å². The normalized spacial score (nSPS) is 23.8. The zero-order valence-corrected chi connectivity index (χ0v) is 11.5. The summed E-state index contributed by atoms with van der Waals surface area (Å²) in [5.74, 6) is -2.44. The Morgan fingerprint density at radius 3 is 2.17 bits per heavy atom. The fraction of sp³-hybridized carbons (Fsp3) is 0.500. The Kier molecular flexibility index (Phi) is 4.53. The van der Waals surface area contributed by atoms with Crippen LogP contribution >= 0.6 is 0 Å². The Labute approximate surface area is 126 Å². The Morgan fingerprint density at radius 2 is 1.74 bits per heavy atom. The molecule has 1 aliphatic rings. The summed E-state index contributed by atoms with van der Waals surface area (Å²) in [6.45, 7) is 0. The molecule has 1 N–H and O–H groups in total. The molecule has 1 aliphatic heterocycles. The third kappa shape index (κ3) is 3.39. The second kappa shape index (κ2) is 5.96. The number of aliphatic hydroxyl groups is 1. The Balaban J connectivity index is 2.48. The lowest BCUT2D eigenvalue weighted by Crippen LogP contribution is -2.50. The number of alkyl halides is 6. The SMILES string of the molecule is COC(C1C(C(F)(F)F)=NN(c2ccncc2)C1O)C(F)(F)F. The van der Waals surface area contributed by atoms with E-state index in [9.17, 15) is 31.4 Å². The Morgan fingerprint density at radius 1 is 1.17 bits per heavy atom. The predicted octanol–water partition coefficient (Wildman–Crippen LogP) is 2.33. The van der Waals surface area contributed by atoms with Crippen molar-refractivity contribution in [3.05, 3.63) is 24.5 Å². The summed E-state index contributed by atoms with van der Waals surface area (Å²) in [6.07, 6.45) is -12.9. The molecule has 0 fully saturated rings. The number of methoxy groups -OCH3 is 1. The number of aromatic nitrogens is 1. The van der Waals surface area contributed by atoms with E-state index in [1.54, 1.807) is 0 Å². The smallest absolute Gasteiger partial charge is 0.371 e. The lowest BCUT2D eigenvalue weighted by Gasteiger charge is -2.30. The van der Waals surface area contributed by atoms with Gasteiger partial charge in [0, 0.05) is 19.5 Å². The molecule has 0 amide bonds. The molecule has 3 unspecified atom stereocenters. The van der Waals surface area contributed by atoms with E-state index >= 15 is 0 Å². The molecule has 0 saturated heterocycles. The molecular weight excluding hydrogens is 332 g/mol. The minimum absolute atomic E-state index is 0.0335. The number of aliphatic hydroxyl groups excluding tert-OH is 1. The van der Waals surface area contributed by atoms with Gasteiger partial charge in [-0.15, -0.1) is 0 Å². The molecular formula is C12H11F6N3O2. The summed E-state index contributed by atoms with van der Waals surface area (Å²) in [7, 11) is 0.619. The van der Waals surface area contributed by atoms with Crippen molar-refractivity contribution >= 4 is 11.4 Å². The molecule has 2 heterocycles. The molecule has 23 heavy (non-hydrogen) atoms. The predicted molar refractivity (Wildman–Crippen MR) is 66.6 cm³/mol. The molecule has 0 saturated carbocycles. The van der Waals surface area contributed by atoms with Crippen LogP contribution in [-0.4, -0.2) is 47.6 Å². The van der Waals surface area contributed by atoms with Crippen LogP contribution in [-0.2, 0) is 4.74 Å². The van der Waals surface area contributed by atoms with Crippen LogP contribution in [0.3, 0.4) is 0 Å². The topological polar surface area (TPSA) is 58.0 Å². The maximum atomic E-state index is 13.1. The van der Waals surface area contributed by atoms with Gasteiger partial charge in [0.2, 0.25) is 0 Å². The molecule has 1 aromatic rings. The highest BCUT2D eigenvalue weighted by molar-refractivity contribution is 5.95. The van der Waals surface area contributed by atoms with Crippen molar-refractivity contribution in [3.8, 4) is 0 Å². The molecule has 11 heteroatoms. The zero-order valence-electron chi connectivity index (χ0n) is 11.5. The summed E-state index contributed by atoms with van der Waals surface area (Å²) in [5.41, 5.74) is -1.79. The Bertz CT molecular complexity index is 574. The van der Waals surface area contributed by atoms with Crippen molar-refractivity contribution in [2.45, 2.75) is 24.7 Å². The molecule has 0 spiro atoms. The number of hydrazone groups is 1. The van der Waals surface area contributed by atoms with Crippen LogP contribution in [0.2, 0.25) is 0 Å². The highest BCUT2D eigenvalue weighted by atomic mass is 19.4. The maximum absolute atomic E-state index is 13.1. The number of halogens is 6. The highest BCUT2D eigenvalue weighted by Gasteiger charge is 2.59. The number of rotatable bonds is 3. The van der Waals surface area contributed by atoms with E-state index in [0.717, 1.165) is 0 Å². The van der Waals surface area contributed by atoms with E-state index in [0.29, 0.717) is 12.1 Å². The van der Waals surface area contributed by atoms with Gasteiger partial charge in [-0.05, 0) is 12.1 Å². The van der Waals surface area contributed by atoms with Crippen molar-refractivity contribution in [1.82, 2.24) is 4.98 Å². The lowest BCUT2D eigenvalue weighted by molar-refractivity contribution is -0.229. The number of anilines is 1. The van der Waals surface area contributed by atoms with Crippen molar-refractivity contribution in [1.29, 1.82) is 0 Å². The highest BCUT2D eigenvalue weighted by Crippen LogP contribution is 2.40. The molecule has 0 bridgehead atoms. The van der Waals surface area contributed by atoms with Gasteiger partial charge in [0.05, 0.1) is 11.6 Å². The first kappa shape index (κ1) is 17.5. The lowest BCUT2D eigenvalue weighted by atomic mass is 9.94.